The van der Waals surface area contributed by atoms with Gasteiger partial charge in [-0.1, -0.05) is 82.2 Å². The number of rotatable bonds is 7. The van der Waals surface area contributed by atoms with Crippen molar-refractivity contribution in [1.29, 1.82) is 0 Å². The van der Waals surface area contributed by atoms with Crippen molar-refractivity contribution in [2.45, 2.75) is 35.8 Å². The Labute approximate surface area is 176 Å². The largest absolute Gasteiger partial charge is 0.361 e. The SMILES string of the molecule is CCCCNc1nc(-c2ccc(Br)cc2)c(Sc2cccc(Cl)c2C)s1. The summed E-state index contributed by atoms with van der Waals surface area (Å²) in [5.74, 6) is 0. The van der Waals surface area contributed by atoms with Crippen LogP contribution in [0.5, 0.6) is 0 Å². The van der Waals surface area contributed by atoms with E-state index in [0.717, 1.165) is 44.4 Å². The van der Waals surface area contributed by atoms with Crippen LogP contribution in [0.25, 0.3) is 11.3 Å². The Balaban J connectivity index is 1.95. The van der Waals surface area contributed by atoms with Crippen LogP contribution in [-0.4, -0.2) is 11.5 Å². The first-order valence-electron chi connectivity index (χ1n) is 8.52. The second kappa shape index (κ2) is 9.27. The van der Waals surface area contributed by atoms with Crippen LogP contribution in [0, 0.1) is 6.92 Å². The van der Waals surface area contributed by atoms with Crippen LogP contribution in [0.4, 0.5) is 5.13 Å². The zero-order valence-corrected chi connectivity index (χ0v) is 18.7. The molecule has 0 fully saturated rings. The minimum Gasteiger partial charge on any atom is -0.361 e. The zero-order valence-electron chi connectivity index (χ0n) is 14.7. The van der Waals surface area contributed by atoms with Crippen molar-refractivity contribution in [2.24, 2.45) is 0 Å². The second-order valence-corrected chi connectivity index (χ2v) is 9.54. The number of aromatic nitrogens is 1. The summed E-state index contributed by atoms with van der Waals surface area (Å²) in [5.41, 5.74) is 3.25. The Morgan fingerprint density at radius 1 is 1.19 bits per heavy atom. The molecule has 0 atom stereocenters. The molecule has 1 heterocycles. The zero-order chi connectivity index (χ0) is 18.5. The first-order chi connectivity index (χ1) is 12.6. The van der Waals surface area contributed by atoms with Crippen molar-refractivity contribution in [3.63, 3.8) is 0 Å². The van der Waals surface area contributed by atoms with Crippen molar-refractivity contribution in [2.75, 3.05) is 11.9 Å². The summed E-state index contributed by atoms with van der Waals surface area (Å²) in [5, 5.41) is 5.23. The van der Waals surface area contributed by atoms with Gasteiger partial charge in [0.15, 0.2) is 5.13 Å². The minimum absolute atomic E-state index is 0.797. The molecule has 2 nitrogen and oxygen atoms in total. The lowest BCUT2D eigenvalue weighted by Gasteiger charge is -2.07. The van der Waals surface area contributed by atoms with Crippen molar-refractivity contribution in [3.05, 3.63) is 57.5 Å². The van der Waals surface area contributed by atoms with Crippen molar-refractivity contribution in [3.8, 4) is 11.3 Å². The van der Waals surface area contributed by atoms with Gasteiger partial charge >= 0.3 is 0 Å². The van der Waals surface area contributed by atoms with Gasteiger partial charge in [0, 0.05) is 26.5 Å². The maximum atomic E-state index is 6.30. The number of anilines is 1. The van der Waals surface area contributed by atoms with Gasteiger partial charge in [-0.05, 0) is 43.2 Å². The highest BCUT2D eigenvalue weighted by Crippen LogP contribution is 2.43. The molecule has 0 aliphatic heterocycles. The van der Waals surface area contributed by atoms with E-state index >= 15 is 0 Å². The van der Waals surface area contributed by atoms with Crippen LogP contribution in [0.1, 0.15) is 25.3 Å². The maximum absolute atomic E-state index is 6.30. The third-order valence-corrected chi connectivity index (χ3v) is 7.23. The number of benzene rings is 2. The Morgan fingerprint density at radius 2 is 1.96 bits per heavy atom. The number of nitrogens with zero attached hydrogens (tertiary/aromatic N) is 1. The molecule has 3 rings (SSSR count). The summed E-state index contributed by atoms with van der Waals surface area (Å²) < 4.78 is 2.24. The molecule has 0 saturated carbocycles. The van der Waals surface area contributed by atoms with Crippen LogP contribution >= 0.6 is 50.6 Å². The number of hydrogen-bond donors (Lipinski definition) is 1. The van der Waals surface area contributed by atoms with Gasteiger partial charge in [-0.25, -0.2) is 4.98 Å². The third-order valence-electron chi connectivity index (χ3n) is 3.94. The van der Waals surface area contributed by atoms with Crippen LogP contribution < -0.4 is 5.32 Å². The standard InChI is InChI=1S/C20H20BrClN2S2/c1-3-4-12-23-20-24-18(14-8-10-15(21)11-9-14)19(26-20)25-17-7-5-6-16(22)13(17)2/h5-11H,3-4,12H2,1-2H3,(H,23,24). The predicted octanol–water partition coefficient (Wildman–Crippen LogP) is 7.90. The smallest absolute Gasteiger partial charge is 0.184 e. The van der Waals surface area contributed by atoms with Crippen molar-refractivity contribution >= 4 is 55.8 Å². The molecule has 3 aromatic rings. The van der Waals surface area contributed by atoms with Crippen LogP contribution in [0.3, 0.4) is 0 Å². The molecule has 0 aliphatic carbocycles. The lowest BCUT2D eigenvalue weighted by atomic mass is 10.2. The molecule has 0 radical (unpaired) electrons. The van der Waals surface area contributed by atoms with Crippen LogP contribution in [-0.2, 0) is 0 Å². The molecule has 2 aromatic carbocycles. The maximum Gasteiger partial charge on any atom is 0.184 e. The minimum atomic E-state index is 0.797. The predicted molar refractivity (Wildman–Crippen MR) is 119 cm³/mol. The van der Waals surface area contributed by atoms with Gasteiger partial charge in [0.1, 0.15) is 0 Å². The van der Waals surface area contributed by atoms with E-state index in [-0.39, 0.29) is 0 Å². The highest BCUT2D eigenvalue weighted by atomic mass is 79.9. The molecule has 0 aliphatic rings. The molecular weight excluding hydrogens is 448 g/mol. The van der Waals surface area contributed by atoms with Crippen LogP contribution in [0.2, 0.25) is 5.02 Å². The molecule has 0 spiro atoms. The highest BCUT2D eigenvalue weighted by Gasteiger charge is 2.16. The summed E-state index contributed by atoms with van der Waals surface area (Å²) in [4.78, 5) is 6.03. The van der Waals surface area contributed by atoms with E-state index in [0.29, 0.717) is 0 Å². The molecule has 0 bridgehead atoms. The van der Waals surface area contributed by atoms with E-state index in [4.69, 9.17) is 16.6 Å². The number of hydrogen-bond acceptors (Lipinski definition) is 4. The molecular formula is C20H20BrClN2S2. The average molecular weight is 468 g/mol. The van der Waals surface area contributed by atoms with E-state index in [1.54, 1.807) is 23.1 Å². The molecule has 1 N–H and O–H groups in total. The highest BCUT2D eigenvalue weighted by molar-refractivity contribution is 9.10. The first kappa shape index (κ1) is 19.7. The van der Waals surface area contributed by atoms with Crippen LogP contribution in [0.15, 0.2) is 56.0 Å². The van der Waals surface area contributed by atoms with Gasteiger partial charge in [0.2, 0.25) is 0 Å². The van der Waals surface area contributed by atoms with Gasteiger partial charge in [-0.15, -0.1) is 0 Å². The number of halogens is 2. The summed E-state index contributed by atoms with van der Waals surface area (Å²) >= 11 is 13.2. The van der Waals surface area contributed by atoms with E-state index in [2.05, 4.69) is 65.4 Å². The summed E-state index contributed by atoms with van der Waals surface area (Å²) in [6, 6.07) is 14.4. The summed E-state index contributed by atoms with van der Waals surface area (Å²) in [7, 11) is 0. The Hall–Kier alpha value is -1.01. The molecule has 26 heavy (non-hydrogen) atoms. The lowest BCUT2D eigenvalue weighted by molar-refractivity contribution is 0.833. The van der Waals surface area contributed by atoms with Gasteiger partial charge in [0.05, 0.1) is 9.90 Å². The van der Waals surface area contributed by atoms with E-state index in [1.807, 2.05) is 12.1 Å². The second-order valence-electron chi connectivity index (χ2n) is 5.91. The first-order valence-corrected chi connectivity index (χ1v) is 11.3. The third kappa shape index (κ3) is 4.83. The van der Waals surface area contributed by atoms with Crippen molar-refractivity contribution in [1.82, 2.24) is 4.98 Å². The van der Waals surface area contributed by atoms with Gasteiger partial charge in [-0.3, -0.25) is 0 Å². The van der Waals surface area contributed by atoms with Gasteiger partial charge < -0.3 is 5.32 Å². The number of unbranched alkanes of at least 4 members (excludes halogenated alkanes) is 1. The number of nitrogens with one attached hydrogen (secondary N) is 1. The van der Waals surface area contributed by atoms with Crippen molar-refractivity contribution < 1.29 is 0 Å². The molecule has 0 saturated heterocycles. The molecule has 0 amide bonds. The fraction of sp³-hybridized carbons (Fsp3) is 0.250. The average Bonchev–Trinajstić information content (AvgIpc) is 3.02. The molecule has 1 aromatic heterocycles. The normalized spacial score (nSPS) is 10.9. The monoisotopic (exact) mass is 466 g/mol. The Bertz CT molecular complexity index is 878. The summed E-state index contributed by atoms with van der Waals surface area (Å²) in [6.07, 6.45) is 2.31. The quantitative estimate of drug-likeness (QED) is 0.357. The fourth-order valence-corrected chi connectivity index (χ4v) is 5.20. The van der Waals surface area contributed by atoms with Gasteiger partial charge in [-0.2, -0.15) is 0 Å². The molecule has 6 heteroatoms. The Kier molecular flexibility index (Phi) is 7.04. The van der Waals surface area contributed by atoms with Gasteiger partial charge in [0.25, 0.3) is 0 Å². The molecule has 0 unspecified atom stereocenters. The summed E-state index contributed by atoms with van der Waals surface area (Å²) in [6.45, 7) is 5.20. The topological polar surface area (TPSA) is 24.9 Å². The lowest BCUT2D eigenvalue weighted by Crippen LogP contribution is -1.99. The fourth-order valence-electron chi connectivity index (χ4n) is 2.41. The molecule has 136 valence electrons. The Morgan fingerprint density at radius 3 is 2.69 bits per heavy atom. The van der Waals surface area contributed by atoms with E-state index < -0.39 is 0 Å². The van der Waals surface area contributed by atoms with E-state index in [9.17, 15) is 0 Å². The number of thiazole rings is 1. The van der Waals surface area contributed by atoms with E-state index in [1.165, 1.54) is 15.5 Å².